The third kappa shape index (κ3) is 12.0. The molecule has 0 aromatic rings. The molecule has 0 radical (unpaired) electrons. The highest BCUT2D eigenvalue weighted by atomic mass is 15.1. The van der Waals surface area contributed by atoms with Gasteiger partial charge in [0.2, 0.25) is 0 Å². The zero-order chi connectivity index (χ0) is 12.4. The van der Waals surface area contributed by atoms with Crippen LogP contribution in [0.2, 0.25) is 0 Å². The molecule has 0 heterocycles. The second-order valence-electron chi connectivity index (χ2n) is 5.81. The Kier molecular flexibility index (Phi) is 10.0. The van der Waals surface area contributed by atoms with Gasteiger partial charge in [0.25, 0.3) is 0 Å². The first-order chi connectivity index (χ1) is 7.52. The van der Waals surface area contributed by atoms with Crippen molar-refractivity contribution >= 4 is 0 Å². The number of nitrogens with zero attached hydrogens (tertiary/aromatic N) is 1. The molecule has 0 fully saturated rings. The molecular formula is C14H32N2. The van der Waals surface area contributed by atoms with Crippen molar-refractivity contribution < 1.29 is 0 Å². The number of nitrogens with one attached hydrogen (secondary N) is 1. The first-order valence-electron chi connectivity index (χ1n) is 6.91. The molecule has 0 bridgehead atoms. The van der Waals surface area contributed by atoms with Crippen LogP contribution in [0.3, 0.4) is 0 Å². The van der Waals surface area contributed by atoms with Crippen LogP contribution in [0, 0.1) is 11.8 Å². The van der Waals surface area contributed by atoms with Crippen LogP contribution in [0.25, 0.3) is 0 Å². The van der Waals surface area contributed by atoms with Crippen molar-refractivity contribution in [3.05, 3.63) is 0 Å². The second-order valence-corrected chi connectivity index (χ2v) is 5.81. The monoisotopic (exact) mass is 228 g/mol. The molecule has 0 atom stereocenters. The van der Waals surface area contributed by atoms with Gasteiger partial charge in [-0.05, 0) is 51.4 Å². The van der Waals surface area contributed by atoms with Crippen molar-refractivity contribution in [3.63, 3.8) is 0 Å². The molecular weight excluding hydrogens is 196 g/mol. The summed E-state index contributed by atoms with van der Waals surface area (Å²) >= 11 is 0. The topological polar surface area (TPSA) is 15.3 Å². The predicted molar refractivity (Wildman–Crippen MR) is 73.9 cm³/mol. The molecule has 0 aliphatic rings. The molecule has 0 rings (SSSR count). The normalized spacial score (nSPS) is 12.0. The van der Waals surface area contributed by atoms with Gasteiger partial charge in [0.05, 0.1) is 0 Å². The number of unbranched alkanes of at least 4 members (excludes halogenated alkanes) is 2. The van der Waals surface area contributed by atoms with Crippen molar-refractivity contribution in [2.75, 3.05) is 33.2 Å². The summed E-state index contributed by atoms with van der Waals surface area (Å²) in [5.74, 6) is 1.56. The fourth-order valence-electron chi connectivity index (χ4n) is 1.91. The van der Waals surface area contributed by atoms with E-state index >= 15 is 0 Å². The Labute approximate surface area is 103 Å². The molecule has 0 saturated carbocycles. The third-order valence-electron chi connectivity index (χ3n) is 2.62. The van der Waals surface area contributed by atoms with Crippen LogP contribution in [0.5, 0.6) is 0 Å². The smallest absolute Gasteiger partial charge is 0.000133 e. The highest BCUT2D eigenvalue weighted by Crippen LogP contribution is 2.00. The lowest BCUT2D eigenvalue weighted by molar-refractivity contribution is 0.288. The summed E-state index contributed by atoms with van der Waals surface area (Å²) in [5.41, 5.74) is 0. The van der Waals surface area contributed by atoms with Crippen molar-refractivity contribution in [1.82, 2.24) is 10.2 Å². The molecule has 0 unspecified atom stereocenters. The molecule has 1 N–H and O–H groups in total. The summed E-state index contributed by atoms with van der Waals surface area (Å²) < 4.78 is 0. The molecule has 2 heteroatoms. The fraction of sp³-hybridized carbons (Fsp3) is 1.00. The molecule has 0 aliphatic heterocycles. The largest absolute Gasteiger partial charge is 0.316 e. The van der Waals surface area contributed by atoms with E-state index in [0.717, 1.165) is 18.4 Å². The molecule has 16 heavy (non-hydrogen) atoms. The fourth-order valence-corrected chi connectivity index (χ4v) is 1.91. The van der Waals surface area contributed by atoms with Gasteiger partial charge in [0.1, 0.15) is 0 Å². The van der Waals surface area contributed by atoms with Crippen LogP contribution >= 0.6 is 0 Å². The van der Waals surface area contributed by atoms with Gasteiger partial charge in [-0.2, -0.15) is 0 Å². The maximum absolute atomic E-state index is 3.49. The highest BCUT2D eigenvalue weighted by Gasteiger charge is 2.00. The van der Waals surface area contributed by atoms with E-state index in [0.29, 0.717) is 0 Å². The van der Waals surface area contributed by atoms with Gasteiger partial charge >= 0.3 is 0 Å². The number of hydrogen-bond acceptors (Lipinski definition) is 2. The predicted octanol–water partition coefficient (Wildman–Crippen LogP) is 2.99. The van der Waals surface area contributed by atoms with E-state index in [1.54, 1.807) is 0 Å². The third-order valence-corrected chi connectivity index (χ3v) is 2.62. The molecule has 98 valence electrons. The van der Waals surface area contributed by atoms with Gasteiger partial charge < -0.3 is 10.2 Å². The van der Waals surface area contributed by atoms with Gasteiger partial charge in [0.15, 0.2) is 0 Å². The maximum atomic E-state index is 3.49. The van der Waals surface area contributed by atoms with Gasteiger partial charge in [0, 0.05) is 6.54 Å². The highest BCUT2D eigenvalue weighted by molar-refractivity contribution is 4.56. The molecule has 2 nitrogen and oxygen atoms in total. The summed E-state index contributed by atoms with van der Waals surface area (Å²) in [7, 11) is 2.23. The Morgan fingerprint density at radius 1 is 0.938 bits per heavy atom. The maximum Gasteiger partial charge on any atom is 0.000133 e. The van der Waals surface area contributed by atoms with Gasteiger partial charge in [-0.1, -0.05) is 34.1 Å². The van der Waals surface area contributed by atoms with E-state index in [1.807, 2.05) is 0 Å². The van der Waals surface area contributed by atoms with E-state index in [1.165, 1.54) is 38.9 Å². The Bertz CT molecular complexity index is 144. The van der Waals surface area contributed by atoms with E-state index in [4.69, 9.17) is 0 Å². The summed E-state index contributed by atoms with van der Waals surface area (Å²) in [4.78, 5) is 2.45. The minimum atomic E-state index is 0.775. The molecule has 0 aromatic carbocycles. The first-order valence-corrected chi connectivity index (χ1v) is 6.91. The van der Waals surface area contributed by atoms with Crippen molar-refractivity contribution in [2.45, 2.75) is 47.0 Å². The first kappa shape index (κ1) is 15.9. The molecule has 0 saturated heterocycles. The minimum absolute atomic E-state index is 0.775. The molecule has 0 amide bonds. The van der Waals surface area contributed by atoms with Gasteiger partial charge in [-0.25, -0.2) is 0 Å². The SMILES string of the molecule is CC(C)CNCCCCCN(C)CC(C)C. The van der Waals surface area contributed by atoms with Crippen LogP contribution in [-0.4, -0.2) is 38.1 Å². The number of hydrogen-bond donors (Lipinski definition) is 1. The van der Waals surface area contributed by atoms with Crippen LogP contribution in [0.4, 0.5) is 0 Å². The zero-order valence-corrected chi connectivity index (χ0v) is 12.1. The van der Waals surface area contributed by atoms with E-state index in [2.05, 4.69) is 45.0 Å². The van der Waals surface area contributed by atoms with Crippen LogP contribution in [-0.2, 0) is 0 Å². The van der Waals surface area contributed by atoms with E-state index < -0.39 is 0 Å². The Morgan fingerprint density at radius 2 is 1.62 bits per heavy atom. The van der Waals surface area contributed by atoms with Crippen LogP contribution in [0.15, 0.2) is 0 Å². The Morgan fingerprint density at radius 3 is 2.19 bits per heavy atom. The minimum Gasteiger partial charge on any atom is -0.316 e. The number of rotatable bonds is 10. The lowest BCUT2D eigenvalue weighted by Gasteiger charge is -2.18. The van der Waals surface area contributed by atoms with Gasteiger partial charge in [-0.15, -0.1) is 0 Å². The summed E-state index contributed by atoms with van der Waals surface area (Å²) in [5, 5.41) is 3.49. The standard InChI is InChI=1S/C14H32N2/c1-13(2)11-15-9-7-6-8-10-16(5)12-14(3)4/h13-15H,6-12H2,1-5H3. The lowest BCUT2D eigenvalue weighted by Crippen LogP contribution is -2.24. The summed E-state index contributed by atoms with van der Waals surface area (Å²) in [6.45, 7) is 13.9. The average molecular weight is 228 g/mol. The van der Waals surface area contributed by atoms with Gasteiger partial charge in [-0.3, -0.25) is 0 Å². The van der Waals surface area contributed by atoms with Crippen molar-refractivity contribution in [1.29, 1.82) is 0 Å². The van der Waals surface area contributed by atoms with Crippen molar-refractivity contribution in [2.24, 2.45) is 11.8 Å². The molecule has 0 aromatic heterocycles. The van der Waals surface area contributed by atoms with Crippen LogP contribution < -0.4 is 5.32 Å². The molecule has 0 aliphatic carbocycles. The van der Waals surface area contributed by atoms with Crippen LogP contribution in [0.1, 0.15) is 47.0 Å². The second kappa shape index (κ2) is 10.1. The lowest BCUT2D eigenvalue weighted by atomic mass is 10.2. The average Bonchev–Trinajstić information content (AvgIpc) is 2.14. The van der Waals surface area contributed by atoms with E-state index in [-0.39, 0.29) is 0 Å². The quantitative estimate of drug-likeness (QED) is 0.578. The van der Waals surface area contributed by atoms with E-state index in [9.17, 15) is 0 Å². The Balaban J connectivity index is 3.14. The van der Waals surface area contributed by atoms with Crippen molar-refractivity contribution in [3.8, 4) is 0 Å². The summed E-state index contributed by atoms with van der Waals surface area (Å²) in [6.07, 6.45) is 4.02. The molecule has 0 spiro atoms. The summed E-state index contributed by atoms with van der Waals surface area (Å²) in [6, 6.07) is 0. The Hall–Kier alpha value is -0.0800. The zero-order valence-electron chi connectivity index (χ0n) is 12.1.